The highest BCUT2D eigenvalue weighted by Gasteiger charge is 2.17. The van der Waals surface area contributed by atoms with E-state index in [4.69, 9.17) is 9.40 Å². The monoisotopic (exact) mass is 498 g/mol. The largest absolute Gasteiger partial charge is 0.472 e. The van der Waals surface area contributed by atoms with E-state index in [9.17, 15) is 4.79 Å². The van der Waals surface area contributed by atoms with Gasteiger partial charge < -0.3 is 14.7 Å². The normalized spacial score (nSPS) is 11.3. The van der Waals surface area contributed by atoms with Crippen molar-refractivity contribution < 1.29 is 9.21 Å². The zero-order valence-electron chi connectivity index (χ0n) is 19.7. The molecule has 0 spiro atoms. The number of benzene rings is 1. The Hall–Kier alpha value is -5.64. The predicted octanol–water partition coefficient (Wildman–Crippen LogP) is 5.47. The lowest BCUT2D eigenvalue weighted by atomic mass is 10.1. The van der Waals surface area contributed by atoms with Crippen molar-refractivity contribution in [3.05, 3.63) is 97.5 Å². The Labute approximate surface area is 214 Å². The molecule has 7 aromatic rings. The summed E-state index contributed by atoms with van der Waals surface area (Å²) in [4.78, 5) is 34.0. The lowest BCUT2D eigenvalue weighted by molar-refractivity contribution is 0.102. The summed E-state index contributed by atoms with van der Waals surface area (Å²) in [6, 6.07) is 16.6. The number of hydrogen-bond donors (Lipinski definition) is 3. The number of anilines is 1. The Morgan fingerprint density at radius 1 is 0.947 bits per heavy atom. The van der Waals surface area contributed by atoms with Crippen molar-refractivity contribution in [2.75, 3.05) is 5.32 Å². The molecule has 0 aliphatic rings. The number of carbonyl (C=O) groups excluding carboxylic acids is 1. The Kier molecular flexibility index (Phi) is 5.00. The Morgan fingerprint density at radius 2 is 1.87 bits per heavy atom. The number of nitrogens with zero attached hydrogens (tertiary/aromatic N) is 5. The second-order valence-corrected chi connectivity index (χ2v) is 8.62. The van der Waals surface area contributed by atoms with Gasteiger partial charge in [-0.1, -0.05) is 18.2 Å². The molecule has 0 bridgehead atoms. The summed E-state index contributed by atoms with van der Waals surface area (Å²) < 4.78 is 5.25. The highest BCUT2D eigenvalue weighted by molar-refractivity contribution is 6.04. The molecule has 0 radical (unpaired) electrons. The molecule has 0 aliphatic heterocycles. The number of pyridine rings is 3. The van der Waals surface area contributed by atoms with Gasteiger partial charge in [0.1, 0.15) is 11.2 Å². The van der Waals surface area contributed by atoms with Gasteiger partial charge in [-0.15, -0.1) is 0 Å². The third-order valence-corrected chi connectivity index (χ3v) is 6.22. The number of hydrogen-bond acceptors (Lipinski definition) is 7. The van der Waals surface area contributed by atoms with Crippen molar-refractivity contribution in [3.8, 4) is 33.9 Å². The topological polar surface area (TPSA) is 138 Å². The van der Waals surface area contributed by atoms with Crippen LogP contribution in [-0.2, 0) is 0 Å². The first-order chi connectivity index (χ1) is 18.7. The molecule has 0 unspecified atom stereocenters. The van der Waals surface area contributed by atoms with E-state index in [0.717, 1.165) is 33.1 Å². The van der Waals surface area contributed by atoms with Crippen molar-refractivity contribution in [3.63, 3.8) is 0 Å². The van der Waals surface area contributed by atoms with Gasteiger partial charge in [0, 0.05) is 40.0 Å². The van der Waals surface area contributed by atoms with Crippen LogP contribution < -0.4 is 5.32 Å². The van der Waals surface area contributed by atoms with Crippen LogP contribution in [0.15, 0.2) is 96.3 Å². The molecule has 10 nitrogen and oxygen atoms in total. The smallest absolute Gasteiger partial charge is 0.255 e. The fraction of sp³-hybridized carbons (Fsp3) is 0. The van der Waals surface area contributed by atoms with Crippen LogP contribution in [0.3, 0.4) is 0 Å². The summed E-state index contributed by atoms with van der Waals surface area (Å²) in [6.07, 6.45) is 10.1. The Balaban J connectivity index is 1.25. The molecule has 182 valence electrons. The number of nitrogens with one attached hydrogen (secondary N) is 3. The van der Waals surface area contributed by atoms with E-state index < -0.39 is 0 Å². The quantitative estimate of drug-likeness (QED) is 0.286. The molecule has 1 aromatic carbocycles. The number of fused-ring (bicyclic) bond motifs is 2. The molecule has 10 heteroatoms. The van der Waals surface area contributed by atoms with Crippen LogP contribution in [0.5, 0.6) is 0 Å². The van der Waals surface area contributed by atoms with E-state index in [-0.39, 0.29) is 5.91 Å². The first-order valence-corrected chi connectivity index (χ1v) is 11.8. The minimum Gasteiger partial charge on any atom is -0.472 e. The maximum absolute atomic E-state index is 12.6. The highest BCUT2D eigenvalue weighted by atomic mass is 16.3. The zero-order valence-corrected chi connectivity index (χ0v) is 19.7. The standard InChI is InChI=1S/C28H18N8O2/c37-28(16-4-2-1-3-5-16)32-19-10-18(12-29-13-19)22-11-21-23(14-31-22)35-36-25(21)27-33-24-20(17-7-9-38-15-17)6-8-30-26(24)34-27/h1-15H,(H,32,37)(H,35,36)(H,30,33,34). The van der Waals surface area contributed by atoms with E-state index in [0.29, 0.717) is 34.1 Å². The molecule has 0 saturated carbocycles. The number of rotatable bonds is 5. The summed E-state index contributed by atoms with van der Waals surface area (Å²) in [5, 5.41) is 11.3. The Morgan fingerprint density at radius 3 is 2.74 bits per heavy atom. The molecule has 3 N–H and O–H groups in total. The van der Waals surface area contributed by atoms with Crippen LogP contribution in [0, 0.1) is 0 Å². The van der Waals surface area contributed by atoms with E-state index in [1.165, 1.54) is 0 Å². The molecule has 0 atom stereocenters. The molecular formula is C28H18N8O2. The zero-order chi connectivity index (χ0) is 25.5. The number of H-pyrrole nitrogens is 2. The molecule has 7 rings (SSSR count). The SMILES string of the molecule is O=C(Nc1cncc(-c2cc3c(-c4nc5c(-c6ccoc6)ccnc5[nH]4)n[nH]c3cn2)c1)c1ccccc1. The van der Waals surface area contributed by atoms with Crippen LogP contribution in [0.1, 0.15) is 10.4 Å². The van der Waals surface area contributed by atoms with E-state index in [2.05, 4.69) is 35.5 Å². The molecule has 1 amide bonds. The van der Waals surface area contributed by atoms with E-state index in [1.54, 1.807) is 49.4 Å². The third-order valence-electron chi connectivity index (χ3n) is 6.22. The molecule has 6 aromatic heterocycles. The van der Waals surface area contributed by atoms with Gasteiger partial charge in [0.25, 0.3) is 5.91 Å². The minimum atomic E-state index is -0.210. The number of furan rings is 1. The molecular weight excluding hydrogens is 480 g/mol. The van der Waals surface area contributed by atoms with Crippen LogP contribution in [0.4, 0.5) is 5.69 Å². The number of aromatic amines is 2. The second-order valence-electron chi connectivity index (χ2n) is 8.62. The third kappa shape index (κ3) is 3.77. The van der Waals surface area contributed by atoms with Gasteiger partial charge in [-0.05, 0) is 36.4 Å². The van der Waals surface area contributed by atoms with Crippen LogP contribution >= 0.6 is 0 Å². The summed E-state index contributed by atoms with van der Waals surface area (Å²) >= 11 is 0. The van der Waals surface area contributed by atoms with Gasteiger partial charge in [-0.3, -0.25) is 19.9 Å². The molecule has 0 saturated heterocycles. The van der Waals surface area contributed by atoms with Gasteiger partial charge >= 0.3 is 0 Å². The summed E-state index contributed by atoms with van der Waals surface area (Å²) in [7, 11) is 0. The molecule has 0 fully saturated rings. The first-order valence-electron chi connectivity index (χ1n) is 11.8. The van der Waals surface area contributed by atoms with Crippen molar-refractivity contribution in [2.45, 2.75) is 0 Å². The summed E-state index contributed by atoms with van der Waals surface area (Å²) in [5.41, 5.74) is 7.16. The summed E-state index contributed by atoms with van der Waals surface area (Å²) in [6.45, 7) is 0. The predicted molar refractivity (Wildman–Crippen MR) is 142 cm³/mol. The molecule has 0 aliphatic carbocycles. The fourth-order valence-electron chi connectivity index (χ4n) is 4.37. The van der Waals surface area contributed by atoms with Crippen LogP contribution in [0.2, 0.25) is 0 Å². The maximum Gasteiger partial charge on any atom is 0.255 e. The average Bonchev–Trinajstić information content (AvgIpc) is 3.73. The van der Waals surface area contributed by atoms with Gasteiger partial charge in [-0.2, -0.15) is 5.10 Å². The Bertz CT molecular complexity index is 1920. The van der Waals surface area contributed by atoms with E-state index >= 15 is 0 Å². The maximum atomic E-state index is 12.6. The van der Waals surface area contributed by atoms with Gasteiger partial charge in [0.05, 0.1) is 41.8 Å². The van der Waals surface area contributed by atoms with Gasteiger partial charge in [0.2, 0.25) is 0 Å². The minimum absolute atomic E-state index is 0.210. The van der Waals surface area contributed by atoms with Crippen LogP contribution in [-0.4, -0.2) is 41.0 Å². The summed E-state index contributed by atoms with van der Waals surface area (Å²) in [5.74, 6) is 0.368. The van der Waals surface area contributed by atoms with Gasteiger partial charge in [0.15, 0.2) is 11.5 Å². The number of carbonyl (C=O) groups is 1. The molecule has 6 heterocycles. The van der Waals surface area contributed by atoms with E-state index in [1.807, 2.05) is 42.5 Å². The highest BCUT2D eigenvalue weighted by Crippen LogP contribution is 2.32. The molecule has 38 heavy (non-hydrogen) atoms. The number of imidazole rings is 1. The average molecular weight is 499 g/mol. The lowest BCUT2D eigenvalue weighted by Crippen LogP contribution is -2.11. The van der Waals surface area contributed by atoms with Crippen molar-refractivity contribution in [1.29, 1.82) is 0 Å². The van der Waals surface area contributed by atoms with Crippen molar-refractivity contribution in [2.24, 2.45) is 0 Å². The van der Waals surface area contributed by atoms with Crippen molar-refractivity contribution >= 4 is 33.7 Å². The number of aromatic nitrogens is 7. The lowest BCUT2D eigenvalue weighted by Gasteiger charge is -2.07. The first kappa shape index (κ1) is 21.6. The van der Waals surface area contributed by atoms with Gasteiger partial charge in [-0.25, -0.2) is 9.97 Å². The second kappa shape index (κ2) is 8.79. The fourth-order valence-corrected chi connectivity index (χ4v) is 4.37. The number of amides is 1. The van der Waals surface area contributed by atoms with Crippen LogP contribution in [0.25, 0.3) is 56.0 Å². The van der Waals surface area contributed by atoms with Crippen molar-refractivity contribution in [1.82, 2.24) is 35.1 Å².